The summed E-state index contributed by atoms with van der Waals surface area (Å²) in [5.41, 5.74) is 1.52. The van der Waals surface area contributed by atoms with Gasteiger partial charge in [-0.1, -0.05) is 26.7 Å². The number of nitro groups is 1. The fourth-order valence-corrected chi connectivity index (χ4v) is 3.04. The van der Waals surface area contributed by atoms with Crippen LogP contribution >= 0.6 is 11.3 Å². The van der Waals surface area contributed by atoms with E-state index in [2.05, 4.69) is 24.1 Å². The van der Waals surface area contributed by atoms with Crippen LogP contribution in [0.1, 0.15) is 31.7 Å². The molecule has 6 heteroatoms. The summed E-state index contributed by atoms with van der Waals surface area (Å²) in [6.45, 7) is 6.94. The fraction of sp³-hybridized carbons (Fsp3) is 0.500. The quantitative estimate of drug-likeness (QED) is 0.634. The summed E-state index contributed by atoms with van der Waals surface area (Å²) < 4.78 is 0.863. The highest BCUT2D eigenvalue weighted by Crippen LogP contribution is 2.33. The van der Waals surface area contributed by atoms with E-state index in [0.717, 1.165) is 34.6 Å². The highest BCUT2D eigenvalue weighted by molar-refractivity contribution is 7.18. The van der Waals surface area contributed by atoms with Crippen LogP contribution in [0.3, 0.4) is 0 Å². The van der Waals surface area contributed by atoms with Crippen molar-refractivity contribution in [2.75, 3.05) is 11.9 Å². The van der Waals surface area contributed by atoms with E-state index in [1.165, 1.54) is 11.3 Å². The van der Waals surface area contributed by atoms with Crippen LogP contribution in [0.2, 0.25) is 0 Å². The molecule has 0 aliphatic rings. The van der Waals surface area contributed by atoms with Gasteiger partial charge in [-0.15, -0.1) is 11.3 Å². The maximum atomic E-state index is 11.2. The van der Waals surface area contributed by atoms with Gasteiger partial charge in [0.05, 0.1) is 20.1 Å². The number of thiazole rings is 1. The molecule has 0 radical (unpaired) electrons. The largest absolute Gasteiger partial charge is 0.379 e. The van der Waals surface area contributed by atoms with Crippen molar-refractivity contribution >= 4 is 32.9 Å². The number of aryl methyl sites for hydroxylation is 1. The Morgan fingerprint density at radius 3 is 2.70 bits per heavy atom. The molecular formula is C14H19N3O2S. The highest BCUT2D eigenvalue weighted by atomic mass is 32.1. The topological polar surface area (TPSA) is 68.1 Å². The van der Waals surface area contributed by atoms with Crippen molar-refractivity contribution in [3.8, 4) is 0 Å². The summed E-state index contributed by atoms with van der Waals surface area (Å²) in [6, 6.07) is 3.41. The lowest BCUT2D eigenvalue weighted by molar-refractivity contribution is -0.383. The molecule has 20 heavy (non-hydrogen) atoms. The van der Waals surface area contributed by atoms with Gasteiger partial charge in [0.2, 0.25) is 0 Å². The molecule has 0 bridgehead atoms. The van der Waals surface area contributed by atoms with Crippen molar-refractivity contribution in [3.05, 3.63) is 27.3 Å². The Kier molecular flexibility index (Phi) is 4.54. The van der Waals surface area contributed by atoms with E-state index in [4.69, 9.17) is 0 Å². The first-order valence-electron chi connectivity index (χ1n) is 6.84. The van der Waals surface area contributed by atoms with Crippen LogP contribution in [0.4, 0.5) is 11.4 Å². The molecule has 5 nitrogen and oxygen atoms in total. The minimum absolute atomic E-state index is 0.132. The Morgan fingerprint density at radius 2 is 2.10 bits per heavy atom. The van der Waals surface area contributed by atoms with Crippen LogP contribution in [0.15, 0.2) is 12.1 Å². The number of nitrogens with zero attached hydrogens (tertiary/aromatic N) is 2. The number of aromatic nitrogens is 1. The lowest BCUT2D eigenvalue weighted by Crippen LogP contribution is -2.13. The number of benzene rings is 1. The first kappa shape index (κ1) is 14.7. The normalized spacial score (nSPS) is 11.2. The average Bonchev–Trinajstić information content (AvgIpc) is 2.77. The lowest BCUT2D eigenvalue weighted by Gasteiger charge is -2.14. The van der Waals surface area contributed by atoms with Crippen LogP contribution in [0.25, 0.3) is 10.2 Å². The number of rotatable bonds is 6. The summed E-state index contributed by atoms with van der Waals surface area (Å²) >= 11 is 1.48. The van der Waals surface area contributed by atoms with E-state index < -0.39 is 0 Å². The molecule has 2 aromatic rings. The predicted octanol–water partition coefficient (Wildman–Crippen LogP) is 4.36. The van der Waals surface area contributed by atoms with Crippen molar-refractivity contribution < 1.29 is 4.92 Å². The number of anilines is 1. The molecule has 0 aliphatic heterocycles. The second-order valence-corrected chi connectivity index (χ2v) is 6.13. The molecule has 1 aromatic heterocycles. The molecule has 1 aromatic carbocycles. The van der Waals surface area contributed by atoms with Gasteiger partial charge in [0.15, 0.2) is 0 Å². The highest BCUT2D eigenvalue weighted by Gasteiger charge is 2.17. The maximum absolute atomic E-state index is 11.2. The van der Waals surface area contributed by atoms with Crippen molar-refractivity contribution in [1.82, 2.24) is 4.98 Å². The van der Waals surface area contributed by atoms with Crippen LogP contribution in [0, 0.1) is 23.0 Å². The first-order chi connectivity index (χ1) is 9.55. The third kappa shape index (κ3) is 3.07. The summed E-state index contributed by atoms with van der Waals surface area (Å²) in [5, 5.41) is 15.3. The molecule has 1 N–H and O–H groups in total. The molecule has 0 atom stereocenters. The lowest BCUT2D eigenvalue weighted by atomic mass is 10.0. The molecule has 0 spiro atoms. The Bertz CT molecular complexity index is 620. The summed E-state index contributed by atoms with van der Waals surface area (Å²) in [7, 11) is 0. The van der Waals surface area contributed by atoms with E-state index in [1.807, 2.05) is 6.92 Å². The zero-order chi connectivity index (χ0) is 14.7. The van der Waals surface area contributed by atoms with Crippen molar-refractivity contribution in [2.24, 2.45) is 5.92 Å². The number of fused-ring (bicyclic) bond motifs is 1. The van der Waals surface area contributed by atoms with Crippen LogP contribution in [-0.2, 0) is 0 Å². The van der Waals surface area contributed by atoms with Crippen molar-refractivity contribution in [2.45, 2.75) is 33.6 Å². The van der Waals surface area contributed by atoms with Gasteiger partial charge in [-0.25, -0.2) is 4.98 Å². The smallest absolute Gasteiger partial charge is 0.293 e. The third-order valence-electron chi connectivity index (χ3n) is 3.55. The van der Waals surface area contributed by atoms with E-state index in [9.17, 15) is 10.1 Å². The zero-order valence-corrected chi connectivity index (χ0v) is 12.8. The van der Waals surface area contributed by atoms with Crippen molar-refractivity contribution in [3.63, 3.8) is 0 Å². The monoisotopic (exact) mass is 293 g/mol. The van der Waals surface area contributed by atoms with Gasteiger partial charge >= 0.3 is 0 Å². The summed E-state index contributed by atoms with van der Waals surface area (Å²) in [6.07, 6.45) is 2.13. The standard InChI is InChI=1S/C14H19N3O2S/c1-4-10(5-2)8-15-11-6-12-14(20-9(3)16-12)7-13(11)17(18)19/h6-7,10,15H,4-5,8H2,1-3H3. The maximum Gasteiger partial charge on any atom is 0.293 e. The fourth-order valence-electron chi connectivity index (χ4n) is 2.20. The molecule has 0 unspecified atom stereocenters. The number of hydrogen-bond donors (Lipinski definition) is 1. The SMILES string of the molecule is CCC(CC)CNc1cc2nc(C)sc2cc1[N+](=O)[O-]. The predicted molar refractivity (Wildman–Crippen MR) is 83.6 cm³/mol. The molecule has 0 amide bonds. The molecule has 0 fully saturated rings. The van der Waals surface area contributed by atoms with Crippen LogP contribution in [-0.4, -0.2) is 16.5 Å². The van der Waals surface area contributed by atoms with Crippen LogP contribution in [0.5, 0.6) is 0 Å². The van der Waals surface area contributed by atoms with E-state index in [1.54, 1.807) is 12.1 Å². The van der Waals surface area contributed by atoms with E-state index in [0.29, 0.717) is 11.6 Å². The number of hydrogen-bond acceptors (Lipinski definition) is 5. The second-order valence-electron chi connectivity index (χ2n) is 4.89. The molecule has 0 saturated carbocycles. The van der Waals surface area contributed by atoms with Gasteiger partial charge in [-0.2, -0.15) is 0 Å². The second kappa shape index (κ2) is 6.17. The number of nitro benzene ring substituents is 1. The minimum atomic E-state index is -0.330. The Morgan fingerprint density at radius 1 is 1.40 bits per heavy atom. The van der Waals surface area contributed by atoms with Gasteiger partial charge in [-0.3, -0.25) is 10.1 Å². The van der Waals surface area contributed by atoms with E-state index >= 15 is 0 Å². The van der Waals surface area contributed by atoms with E-state index in [-0.39, 0.29) is 10.6 Å². The Hall–Kier alpha value is -1.69. The molecule has 0 saturated heterocycles. The summed E-state index contributed by atoms with van der Waals surface area (Å²) in [5.74, 6) is 0.530. The molecule has 1 heterocycles. The summed E-state index contributed by atoms with van der Waals surface area (Å²) in [4.78, 5) is 15.3. The van der Waals surface area contributed by atoms with Gasteiger partial charge in [0, 0.05) is 12.6 Å². The Balaban J connectivity index is 2.34. The minimum Gasteiger partial charge on any atom is -0.379 e. The third-order valence-corrected chi connectivity index (χ3v) is 4.48. The molecule has 0 aliphatic carbocycles. The van der Waals surface area contributed by atoms with Gasteiger partial charge in [-0.05, 0) is 18.9 Å². The van der Waals surface area contributed by atoms with Gasteiger partial charge in [0.25, 0.3) is 5.69 Å². The number of nitrogens with one attached hydrogen (secondary N) is 1. The van der Waals surface area contributed by atoms with Crippen LogP contribution < -0.4 is 5.32 Å². The average molecular weight is 293 g/mol. The van der Waals surface area contributed by atoms with Gasteiger partial charge in [0.1, 0.15) is 5.69 Å². The van der Waals surface area contributed by atoms with Crippen molar-refractivity contribution in [1.29, 1.82) is 0 Å². The first-order valence-corrected chi connectivity index (χ1v) is 7.66. The molecular weight excluding hydrogens is 274 g/mol. The Labute approximate surface area is 122 Å². The molecule has 2 rings (SSSR count). The van der Waals surface area contributed by atoms with Gasteiger partial charge < -0.3 is 5.32 Å². The zero-order valence-electron chi connectivity index (χ0n) is 12.0. The molecule has 108 valence electrons.